The number of aliphatic hydroxyl groups excluding tert-OH is 1. The van der Waals surface area contributed by atoms with E-state index >= 15 is 0 Å². The van der Waals surface area contributed by atoms with E-state index in [4.69, 9.17) is 10.2 Å². The van der Waals surface area contributed by atoms with Gasteiger partial charge in [0.15, 0.2) is 0 Å². The van der Waals surface area contributed by atoms with Crippen LogP contribution in [0.3, 0.4) is 0 Å². The van der Waals surface area contributed by atoms with Gasteiger partial charge in [-0.25, -0.2) is 9.59 Å². The Hall–Kier alpha value is -2.08. The number of carboxylic acids is 1. The molecule has 0 spiro atoms. The lowest BCUT2D eigenvalue weighted by atomic mass is 9.94. The summed E-state index contributed by atoms with van der Waals surface area (Å²) in [6, 6.07) is 5.00. The number of hydrogen-bond donors (Lipinski definition) is 2. The van der Waals surface area contributed by atoms with Gasteiger partial charge in [-0.15, -0.1) is 0 Å². The van der Waals surface area contributed by atoms with Crippen molar-refractivity contribution in [3.63, 3.8) is 0 Å². The molecule has 1 aliphatic heterocycles. The first-order valence-corrected chi connectivity index (χ1v) is 6.49. The number of carbonyl (C=O) groups excluding carboxylic acids is 1. The third-order valence-electron chi connectivity index (χ3n) is 3.53. The summed E-state index contributed by atoms with van der Waals surface area (Å²) in [6.45, 7) is 1.12. The second kappa shape index (κ2) is 5.92. The van der Waals surface area contributed by atoms with Gasteiger partial charge < -0.3 is 20.0 Å². The largest absolute Gasteiger partial charge is 0.478 e. The van der Waals surface area contributed by atoms with Crippen molar-refractivity contribution in [2.45, 2.75) is 13.0 Å². The van der Waals surface area contributed by atoms with Crippen LogP contribution in [0.5, 0.6) is 0 Å². The molecule has 1 heterocycles. The Balaban J connectivity index is 2.18. The van der Waals surface area contributed by atoms with Crippen molar-refractivity contribution in [3.8, 4) is 0 Å². The fourth-order valence-corrected chi connectivity index (χ4v) is 2.46. The van der Waals surface area contributed by atoms with Gasteiger partial charge >= 0.3 is 12.0 Å². The standard InChI is InChI=1S/C14H18N2O4/c1-15(7-8-17)14(20)16-6-5-11-10(9-16)3-2-4-12(11)13(18)19/h2-4,17H,5-9H2,1H3,(H,18,19). The van der Waals surface area contributed by atoms with E-state index < -0.39 is 5.97 Å². The molecule has 6 nitrogen and oxygen atoms in total. The second-order valence-electron chi connectivity index (χ2n) is 4.85. The van der Waals surface area contributed by atoms with Crippen LogP contribution in [-0.4, -0.2) is 58.8 Å². The van der Waals surface area contributed by atoms with Crippen LogP contribution < -0.4 is 0 Å². The van der Waals surface area contributed by atoms with Crippen molar-refractivity contribution in [3.05, 3.63) is 34.9 Å². The van der Waals surface area contributed by atoms with Crippen molar-refractivity contribution >= 4 is 12.0 Å². The molecule has 2 N–H and O–H groups in total. The van der Waals surface area contributed by atoms with E-state index in [0.717, 1.165) is 11.1 Å². The number of carboxylic acid groups (broad SMARTS) is 1. The maximum Gasteiger partial charge on any atom is 0.335 e. The number of amides is 2. The van der Waals surface area contributed by atoms with Crippen molar-refractivity contribution in [2.75, 3.05) is 26.7 Å². The van der Waals surface area contributed by atoms with E-state index in [1.807, 2.05) is 6.07 Å². The quantitative estimate of drug-likeness (QED) is 0.856. The van der Waals surface area contributed by atoms with Crippen molar-refractivity contribution < 1.29 is 19.8 Å². The number of aromatic carboxylic acids is 1. The predicted octanol–water partition coefficient (Wildman–Crippen LogP) is 0.787. The van der Waals surface area contributed by atoms with Crippen LogP contribution in [0.25, 0.3) is 0 Å². The smallest absolute Gasteiger partial charge is 0.335 e. The third-order valence-corrected chi connectivity index (χ3v) is 3.53. The molecule has 1 aliphatic rings. The molecule has 0 unspecified atom stereocenters. The molecule has 0 fully saturated rings. The summed E-state index contributed by atoms with van der Waals surface area (Å²) < 4.78 is 0. The Labute approximate surface area is 117 Å². The van der Waals surface area contributed by atoms with Gasteiger partial charge in [-0.2, -0.15) is 0 Å². The number of fused-ring (bicyclic) bond motifs is 1. The Morgan fingerprint density at radius 1 is 1.40 bits per heavy atom. The van der Waals surface area contributed by atoms with Crippen LogP contribution in [0.4, 0.5) is 4.79 Å². The fraction of sp³-hybridized carbons (Fsp3) is 0.429. The van der Waals surface area contributed by atoms with Crippen molar-refractivity contribution in [1.82, 2.24) is 9.80 Å². The molecule has 1 aromatic rings. The van der Waals surface area contributed by atoms with E-state index in [0.29, 0.717) is 25.1 Å². The number of carbonyl (C=O) groups is 2. The molecule has 0 aromatic heterocycles. The first kappa shape index (κ1) is 14.3. The monoisotopic (exact) mass is 278 g/mol. The third kappa shape index (κ3) is 2.75. The highest BCUT2D eigenvalue weighted by Crippen LogP contribution is 2.23. The Bertz CT molecular complexity index is 530. The zero-order valence-corrected chi connectivity index (χ0v) is 11.4. The summed E-state index contributed by atoms with van der Waals surface area (Å²) in [6.07, 6.45) is 0.538. The molecular formula is C14H18N2O4. The average molecular weight is 278 g/mol. The Kier molecular flexibility index (Phi) is 4.24. The van der Waals surface area contributed by atoms with E-state index in [2.05, 4.69) is 0 Å². The lowest BCUT2D eigenvalue weighted by Crippen LogP contribution is -2.44. The summed E-state index contributed by atoms with van der Waals surface area (Å²) in [5.74, 6) is -0.931. The normalized spacial score (nSPS) is 13.8. The number of urea groups is 1. The Morgan fingerprint density at radius 3 is 2.80 bits per heavy atom. The molecule has 0 saturated heterocycles. The van der Waals surface area contributed by atoms with Gasteiger partial charge in [0.1, 0.15) is 0 Å². The topological polar surface area (TPSA) is 81.1 Å². The first-order chi connectivity index (χ1) is 9.54. The second-order valence-corrected chi connectivity index (χ2v) is 4.85. The van der Waals surface area contributed by atoms with Crippen LogP contribution in [0.2, 0.25) is 0 Å². The number of likely N-dealkylation sites (N-methyl/N-ethyl adjacent to an activating group) is 1. The fourth-order valence-electron chi connectivity index (χ4n) is 2.46. The molecule has 1 aromatic carbocycles. The zero-order valence-electron chi connectivity index (χ0n) is 11.4. The molecule has 108 valence electrons. The number of aliphatic hydroxyl groups is 1. The van der Waals surface area contributed by atoms with Crippen LogP contribution in [0.1, 0.15) is 21.5 Å². The van der Waals surface area contributed by atoms with Crippen LogP contribution in [0.15, 0.2) is 18.2 Å². The molecule has 0 atom stereocenters. The number of nitrogens with zero attached hydrogens (tertiary/aromatic N) is 2. The van der Waals surface area contributed by atoms with Crippen molar-refractivity contribution in [2.24, 2.45) is 0 Å². The van der Waals surface area contributed by atoms with Crippen molar-refractivity contribution in [1.29, 1.82) is 0 Å². The lowest BCUT2D eigenvalue weighted by Gasteiger charge is -2.32. The minimum atomic E-state index is -0.931. The van der Waals surface area contributed by atoms with E-state index in [-0.39, 0.29) is 19.2 Å². The summed E-state index contributed by atoms with van der Waals surface area (Å²) in [5.41, 5.74) is 2.01. The van der Waals surface area contributed by atoms with Crippen LogP contribution in [0, 0.1) is 0 Å². The van der Waals surface area contributed by atoms with Gasteiger partial charge in [0, 0.05) is 26.7 Å². The van der Waals surface area contributed by atoms with E-state index in [9.17, 15) is 9.59 Å². The molecule has 0 saturated carbocycles. The summed E-state index contributed by atoms with van der Waals surface area (Å²) in [4.78, 5) is 26.4. The molecular weight excluding hydrogens is 260 g/mol. The number of benzene rings is 1. The molecule has 6 heteroatoms. The van der Waals surface area contributed by atoms with Gasteiger partial charge in [0.2, 0.25) is 0 Å². The number of rotatable bonds is 3. The highest BCUT2D eigenvalue weighted by molar-refractivity contribution is 5.90. The number of hydrogen-bond acceptors (Lipinski definition) is 3. The lowest BCUT2D eigenvalue weighted by molar-refractivity contribution is 0.0695. The minimum absolute atomic E-state index is 0.0736. The summed E-state index contributed by atoms with van der Waals surface area (Å²) in [7, 11) is 1.64. The van der Waals surface area contributed by atoms with Gasteiger partial charge in [-0.3, -0.25) is 0 Å². The van der Waals surface area contributed by atoms with Gasteiger partial charge in [-0.1, -0.05) is 12.1 Å². The summed E-state index contributed by atoms with van der Waals surface area (Å²) >= 11 is 0. The van der Waals surface area contributed by atoms with Crippen LogP contribution in [-0.2, 0) is 13.0 Å². The highest BCUT2D eigenvalue weighted by Gasteiger charge is 2.25. The first-order valence-electron chi connectivity index (χ1n) is 6.49. The maximum absolute atomic E-state index is 12.1. The average Bonchev–Trinajstić information content (AvgIpc) is 2.45. The maximum atomic E-state index is 12.1. The SMILES string of the molecule is CN(CCO)C(=O)N1CCc2c(cccc2C(=O)O)C1. The molecule has 0 aliphatic carbocycles. The predicted molar refractivity (Wildman–Crippen MR) is 72.6 cm³/mol. The van der Waals surface area contributed by atoms with Gasteiger partial charge in [0.25, 0.3) is 0 Å². The van der Waals surface area contributed by atoms with Gasteiger partial charge in [0.05, 0.1) is 12.2 Å². The molecule has 0 bridgehead atoms. The molecule has 20 heavy (non-hydrogen) atoms. The zero-order chi connectivity index (χ0) is 14.7. The minimum Gasteiger partial charge on any atom is -0.478 e. The van der Waals surface area contributed by atoms with E-state index in [1.165, 1.54) is 4.90 Å². The van der Waals surface area contributed by atoms with Gasteiger partial charge in [-0.05, 0) is 23.6 Å². The van der Waals surface area contributed by atoms with Crippen LogP contribution >= 0.6 is 0 Å². The highest BCUT2D eigenvalue weighted by atomic mass is 16.4. The van der Waals surface area contributed by atoms with E-state index in [1.54, 1.807) is 24.1 Å². The Morgan fingerprint density at radius 2 is 2.15 bits per heavy atom. The molecule has 0 radical (unpaired) electrons. The molecule has 2 rings (SSSR count). The molecule has 2 amide bonds. The summed E-state index contributed by atoms with van der Waals surface area (Å²) in [5, 5.41) is 18.0.